The van der Waals surface area contributed by atoms with E-state index in [4.69, 9.17) is 4.42 Å². The van der Waals surface area contributed by atoms with Crippen LogP contribution in [0.25, 0.3) is 0 Å². The molecule has 1 aromatic rings. The lowest BCUT2D eigenvalue weighted by molar-refractivity contribution is 0.0881. The van der Waals surface area contributed by atoms with E-state index in [1.165, 1.54) is 6.26 Å². The topological polar surface area (TPSA) is 33.5 Å². The molecule has 0 aliphatic heterocycles. The van der Waals surface area contributed by atoms with Crippen molar-refractivity contribution < 1.29 is 9.21 Å². The van der Waals surface area contributed by atoms with Gasteiger partial charge >= 0.3 is 0 Å². The number of furan rings is 1. The van der Waals surface area contributed by atoms with Crippen LogP contribution in [-0.2, 0) is 0 Å². The Bertz CT molecular complexity index is 264. The van der Waals surface area contributed by atoms with Gasteiger partial charge in [-0.25, -0.2) is 0 Å². The average Bonchev–Trinajstić information content (AvgIpc) is 2.53. The number of carbonyl (C=O) groups is 1. The SMILES string of the molecule is CC(CN(C)C)C(=O)c1ccco1. The predicted octanol–water partition coefficient (Wildman–Crippen LogP) is 1.66. The first kappa shape index (κ1) is 9.99. The van der Waals surface area contributed by atoms with Crippen molar-refractivity contribution in [1.82, 2.24) is 4.90 Å². The Labute approximate surface area is 78.3 Å². The van der Waals surface area contributed by atoms with Gasteiger partial charge in [-0.15, -0.1) is 0 Å². The third kappa shape index (κ3) is 2.70. The van der Waals surface area contributed by atoms with Gasteiger partial charge in [-0.3, -0.25) is 4.79 Å². The van der Waals surface area contributed by atoms with Gasteiger partial charge in [0.25, 0.3) is 0 Å². The highest BCUT2D eigenvalue weighted by Crippen LogP contribution is 2.09. The van der Waals surface area contributed by atoms with Gasteiger partial charge < -0.3 is 9.32 Å². The van der Waals surface area contributed by atoms with Crippen LogP contribution in [-0.4, -0.2) is 31.3 Å². The molecular weight excluding hydrogens is 166 g/mol. The average molecular weight is 181 g/mol. The standard InChI is InChI=1S/C10H15NO2/c1-8(7-11(2)3)10(12)9-5-4-6-13-9/h4-6,8H,7H2,1-3H3. The molecule has 1 atom stereocenters. The zero-order valence-electron chi connectivity index (χ0n) is 8.28. The van der Waals surface area contributed by atoms with E-state index in [0.717, 1.165) is 6.54 Å². The van der Waals surface area contributed by atoms with Crippen LogP contribution in [0, 0.1) is 5.92 Å². The first-order chi connectivity index (χ1) is 6.11. The Balaban J connectivity index is 2.58. The van der Waals surface area contributed by atoms with E-state index in [0.29, 0.717) is 5.76 Å². The van der Waals surface area contributed by atoms with E-state index in [1.807, 2.05) is 25.9 Å². The molecule has 72 valence electrons. The minimum atomic E-state index is -0.0128. The summed E-state index contributed by atoms with van der Waals surface area (Å²) in [6.07, 6.45) is 1.52. The summed E-state index contributed by atoms with van der Waals surface area (Å²) in [5.74, 6) is 0.509. The fraction of sp³-hybridized carbons (Fsp3) is 0.500. The highest BCUT2D eigenvalue weighted by atomic mass is 16.3. The molecular formula is C10H15NO2. The first-order valence-corrected chi connectivity index (χ1v) is 4.33. The molecule has 0 bridgehead atoms. The maximum absolute atomic E-state index is 11.6. The van der Waals surface area contributed by atoms with Crippen LogP contribution in [0.4, 0.5) is 0 Å². The molecule has 0 aromatic carbocycles. The number of rotatable bonds is 4. The van der Waals surface area contributed by atoms with E-state index >= 15 is 0 Å². The summed E-state index contributed by atoms with van der Waals surface area (Å²) in [5.41, 5.74) is 0. The summed E-state index contributed by atoms with van der Waals surface area (Å²) in [6, 6.07) is 3.43. The Kier molecular flexibility index (Phi) is 3.25. The number of nitrogens with zero attached hydrogens (tertiary/aromatic N) is 1. The third-order valence-corrected chi connectivity index (χ3v) is 1.85. The molecule has 0 fully saturated rings. The molecule has 3 nitrogen and oxygen atoms in total. The normalized spacial score (nSPS) is 13.2. The van der Waals surface area contributed by atoms with Crippen LogP contribution in [0.1, 0.15) is 17.5 Å². The molecule has 0 saturated heterocycles. The van der Waals surface area contributed by atoms with Gasteiger partial charge in [-0.1, -0.05) is 6.92 Å². The molecule has 3 heteroatoms. The summed E-state index contributed by atoms with van der Waals surface area (Å²) in [6.45, 7) is 2.66. The van der Waals surface area contributed by atoms with Crippen LogP contribution in [0.5, 0.6) is 0 Å². The molecule has 0 aliphatic rings. The first-order valence-electron chi connectivity index (χ1n) is 4.33. The van der Waals surface area contributed by atoms with Gasteiger partial charge in [0.1, 0.15) is 0 Å². The second-order valence-corrected chi connectivity index (χ2v) is 3.50. The smallest absolute Gasteiger partial charge is 0.202 e. The monoisotopic (exact) mass is 181 g/mol. The van der Waals surface area contributed by atoms with E-state index in [9.17, 15) is 4.79 Å². The van der Waals surface area contributed by atoms with E-state index < -0.39 is 0 Å². The van der Waals surface area contributed by atoms with E-state index in [2.05, 4.69) is 0 Å². The van der Waals surface area contributed by atoms with Gasteiger partial charge in [0.2, 0.25) is 5.78 Å². The van der Waals surface area contributed by atoms with E-state index in [1.54, 1.807) is 12.1 Å². The van der Waals surface area contributed by atoms with Gasteiger partial charge in [-0.05, 0) is 26.2 Å². The maximum atomic E-state index is 11.6. The van der Waals surface area contributed by atoms with Gasteiger partial charge in [0, 0.05) is 12.5 Å². The Morgan fingerprint density at radius 3 is 2.77 bits per heavy atom. The Hall–Kier alpha value is -1.09. The summed E-state index contributed by atoms with van der Waals surface area (Å²) in [5, 5.41) is 0. The lowest BCUT2D eigenvalue weighted by Gasteiger charge is -2.14. The number of hydrogen-bond acceptors (Lipinski definition) is 3. The van der Waals surface area contributed by atoms with Crippen molar-refractivity contribution in [1.29, 1.82) is 0 Å². The molecule has 0 N–H and O–H groups in total. The van der Waals surface area contributed by atoms with Crippen LogP contribution in [0.2, 0.25) is 0 Å². The van der Waals surface area contributed by atoms with Crippen LogP contribution in [0.15, 0.2) is 22.8 Å². The number of carbonyl (C=O) groups excluding carboxylic acids is 1. The maximum Gasteiger partial charge on any atom is 0.202 e. The highest BCUT2D eigenvalue weighted by Gasteiger charge is 2.17. The number of hydrogen-bond donors (Lipinski definition) is 0. The molecule has 13 heavy (non-hydrogen) atoms. The summed E-state index contributed by atoms with van der Waals surface area (Å²) < 4.78 is 5.03. The zero-order chi connectivity index (χ0) is 9.84. The van der Waals surface area contributed by atoms with Crippen LogP contribution in [0.3, 0.4) is 0 Å². The van der Waals surface area contributed by atoms with Crippen LogP contribution >= 0.6 is 0 Å². The summed E-state index contributed by atoms with van der Waals surface area (Å²) in [7, 11) is 3.90. The van der Waals surface area contributed by atoms with Crippen LogP contribution < -0.4 is 0 Å². The van der Waals surface area contributed by atoms with Crippen molar-refractivity contribution in [2.24, 2.45) is 5.92 Å². The number of ketones is 1. The summed E-state index contributed by atoms with van der Waals surface area (Å²) in [4.78, 5) is 13.6. The summed E-state index contributed by atoms with van der Waals surface area (Å²) >= 11 is 0. The molecule has 0 amide bonds. The molecule has 1 unspecified atom stereocenters. The van der Waals surface area contributed by atoms with Gasteiger partial charge in [0.15, 0.2) is 5.76 Å². The quantitative estimate of drug-likeness (QED) is 0.662. The van der Waals surface area contributed by atoms with Crippen molar-refractivity contribution in [3.8, 4) is 0 Å². The van der Waals surface area contributed by atoms with Crippen molar-refractivity contribution in [3.05, 3.63) is 24.2 Å². The zero-order valence-corrected chi connectivity index (χ0v) is 8.28. The fourth-order valence-electron chi connectivity index (χ4n) is 1.29. The highest BCUT2D eigenvalue weighted by molar-refractivity contribution is 5.95. The third-order valence-electron chi connectivity index (χ3n) is 1.85. The van der Waals surface area contributed by atoms with Crippen molar-refractivity contribution in [2.45, 2.75) is 6.92 Å². The Morgan fingerprint density at radius 1 is 1.62 bits per heavy atom. The van der Waals surface area contributed by atoms with Crippen molar-refractivity contribution in [2.75, 3.05) is 20.6 Å². The lowest BCUT2D eigenvalue weighted by Crippen LogP contribution is -2.25. The van der Waals surface area contributed by atoms with Crippen molar-refractivity contribution in [3.63, 3.8) is 0 Å². The molecule has 0 aliphatic carbocycles. The number of Topliss-reactive ketones (excluding diaryl/α,β-unsaturated/α-hetero) is 1. The van der Waals surface area contributed by atoms with Gasteiger partial charge in [0.05, 0.1) is 6.26 Å². The minimum absolute atomic E-state index is 0.0128. The molecule has 1 heterocycles. The predicted molar refractivity (Wildman–Crippen MR) is 50.8 cm³/mol. The molecule has 0 spiro atoms. The molecule has 1 rings (SSSR count). The Morgan fingerprint density at radius 2 is 2.31 bits per heavy atom. The second kappa shape index (κ2) is 4.23. The lowest BCUT2D eigenvalue weighted by atomic mass is 10.0. The van der Waals surface area contributed by atoms with E-state index in [-0.39, 0.29) is 11.7 Å². The van der Waals surface area contributed by atoms with Crippen molar-refractivity contribution >= 4 is 5.78 Å². The largest absolute Gasteiger partial charge is 0.461 e. The van der Waals surface area contributed by atoms with Gasteiger partial charge in [-0.2, -0.15) is 0 Å². The molecule has 0 saturated carbocycles. The fourth-order valence-corrected chi connectivity index (χ4v) is 1.29. The minimum Gasteiger partial charge on any atom is -0.461 e. The second-order valence-electron chi connectivity index (χ2n) is 3.50. The molecule has 1 aromatic heterocycles. The molecule has 0 radical (unpaired) electrons.